The molecule has 7 heteroatoms. The van der Waals surface area contributed by atoms with E-state index in [1.165, 1.54) is 0 Å². The van der Waals surface area contributed by atoms with Crippen LogP contribution >= 0.6 is 0 Å². The molecule has 0 radical (unpaired) electrons. The molecule has 0 aliphatic carbocycles. The first-order chi connectivity index (χ1) is 13.7. The third-order valence-electron chi connectivity index (χ3n) is 4.95. The van der Waals surface area contributed by atoms with E-state index in [4.69, 9.17) is 10.5 Å². The highest BCUT2D eigenvalue weighted by Crippen LogP contribution is 2.30. The van der Waals surface area contributed by atoms with E-state index >= 15 is 0 Å². The van der Waals surface area contributed by atoms with Gasteiger partial charge in [0.1, 0.15) is 17.1 Å². The molecule has 1 aliphatic rings. The number of fused-ring (bicyclic) bond motifs is 3. The lowest BCUT2D eigenvalue weighted by molar-refractivity contribution is 0.0994. The number of para-hydroxylation sites is 1. The Hall–Kier alpha value is -3.58. The van der Waals surface area contributed by atoms with Crippen LogP contribution in [0.1, 0.15) is 21.7 Å². The molecule has 5 rings (SSSR count). The van der Waals surface area contributed by atoms with Gasteiger partial charge in [0, 0.05) is 30.6 Å². The van der Waals surface area contributed by atoms with E-state index in [1.807, 2.05) is 54.6 Å². The van der Waals surface area contributed by atoms with Gasteiger partial charge < -0.3 is 20.8 Å². The number of H-pyrrole nitrogens is 1. The van der Waals surface area contributed by atoms with Crippen molar-refractivity contribution in [1.82, 2.24) is 19.9 Å². The zero-order valence-electron chi connectivity index (χ0n) is 15.1. The van der Waals surface area contributed by atoms with Crippen LogP contribution in [0.15, 0.2) is 54.6 Å². The van der Waals surface area contributed by atoms with Gasteiger partial charge in [-0.05, 0) is 36.4 Å². The van der Waals surface area contributed by atoms with Crippen molar-refractivity contribution < 1.29 is 9.53 Å². The molecule has 0 unspecified atom stereocenters. The molecule has 28 heavy (non-hydrogen) atoms. The number of aromatic nitrogens is 3. The van der Waals surface area contributed by atoms with Crippen LogP contribution in [0.25, 0.3) is 16.9 Å². The van der Waals surface area contributed by atoms with Gasteiger partial charge in [0.25, 0.3) is 5.91 Å². The summed E-state index contributed by atoms with van der Waals surface area (Å²) >= 11 is 0. The molecule has 0 saturated carbocycles. The zero-order chi connectivity index (χ0) is 19.1. The lowest BCUT2D eigenvalue weighted by atomic mass is 10.1. The lowest BCUT2D eigenvalue weighted by Crippen LogP contribution is -2.23. The molecule has 7 nitrogen and oxygen atoms in total. The van der Waals surface area contributed by atoms with E-state index in [0.717, 1.165) is 47.7 Å². The summed E-state index contributed by atoms with van der Waals surface area (Å²) < 4.78 is 7.48. The van der Waals surface area contributed by atoms with Gasteiger partial charge in [-0.25, -0.2) is 4.52 Å². The molecule has 1 amide bonds. The highest BCUT2D eigenvalue weighted by atomic mass is 16.5. The van der Waals surface area contributed by atoms with Gasteiger partial charge >= 0.3 is 0 Å². The first-order valence-electron chi connectivity index (χ1n) is 9.17. The Bertz CT molecular complexity index is 1160. The molecule has 4 aromatic rings. The SMILES string of the molecule is NC(=O)c1c(-c2ccc(Oc3ccccc3)cc2)[nH]c2c3c(nn12)CCNC3. The number of aromatic amines is 1. The maximum atomic E-state index is 12.2. The molecule has 3 heterocycles. The monoisotopic (exact) mass is 373 g/mol. The van der Waals surface area contributed by atoms with Gasteiger partial charge in [0.15, 0.2) is 5.69 Å². The maximum Gasteiger partial charge on any atom is 0.269 e. The van der Waals surface area contributed by atoms with Crippen LogP contribution < -0.4 is 15.8 Å². The van der Waals surface area contributed by atoms with Crippen LogP contribution in [0, 0.1) is 0 Å². The highest BCUT2D eigenvalue weighted by Gasteiger charge is 2.25. The van der Waals surface area contributed by atoms with Crippen molar-refractivity contribution in [2.45, 2.75) is 13.0 Å². The molecule has 2 aromatic heterocycles. The average Bonchev–Trinajstić information content (AvgIpc) is 3.25. The summed E-state index contributed by atoms with van der Waals surface area (Å²) in [6, 6.07) is 17.1. The molecule has 1 aliphatic heterocycles. The van der Waals surface area contributed by atoms with E-state index < -0.39 is 5.91 Å². The second-order valence-electron chi connectivity index (χ2n) is 6.76. The van der Waals surface area contributed by atoms with Crippen LogP contribution in [-0.2, 0) is 13.0 Å². The lowest BCUT2D eigenvalue weighted by Gasteiger charge is -2.10. The molecule has 4 N–H and O–H groups in total. The number of amides is 1. The minimum Gasteiger partial charge on any atom is -0.457 e. The van der Waals surface area contributed by atoms with E-state index in [-0.39, 0.29) is 0 Å². The summed E-state index contributed by atoms with van der Waals surface area (Å²) in [6.45, 7) is 1.61. The summed E-state index contributed by atoms with van der Waals surface area (Å²) in [5.74, 6) is 0.970. The van der Waals surface area contributed by atoms with Gasteiger partial charge in [-0.3, -0.25) is 4.79 Å². The van der Waals surface area contributed by atoms with Gasteiger partial charge in [0.05, 0.1) is 11.4 Å². The number of primary amides is 1. The Labute approximate surface area is 161 Å². The second kappa shape index (κ2) is 6.54. The minimum atomic E-state index is -0.515. The second-order valence-corrected chi connectivity index (χ2v) is 6.76. The molecule has 0 spiro atoms. The number of hydrogen-bond acceptors (Lipinski definition) is 4. The zero-order valence-corrected chi connectivity index (χ0v) is 15.1. The number of benzene rings is 2. The first-order valence-corrected chi connectivity index (χ1v) is 9.17. The largest absolute Gasteiger partial charge is 0.457 e. The molecule has 0 atom stereocenters. The van der Waals surface area contributed by atoms with Gasteiger partial charge in [-0.1, -0.05) is 18.2 Å². The quantitative estimate of drug-likeness (QED) is 0.512. The van der Waals surface area contributed by atoms with Crippen LogP contribution in [0.5, 0.6) is 11.5 Å². The number of ether oxygens (including phenoxy) is 1. The van der Waals surface area contributed by atoms with Crippen LogP contribution in [0.3, 0.4) is 0 Å². The van der Waals surface area contributed by atoms with Gasteiger partial charge in [-0.2, -0.15) is 5.10 Å². The number of nitrogens with one attached hydrogen (secondary N) is 2. The predicted molar refractivity (Wildman–Crippen MR) is 105 cm³/mol. The van der Waals surface area contributed by atoms with Crippen molar-refractivity contribution in [2.75, 3.05) is 6.54 Å². The fourth-order valence-corrected chi connectivity index (χ4v) is 3.63. The predicted octanol–water partition coefficient (Wildman–Crippen LogP) is 2.87. The van der Waals surface area contributed by atoms with Crippen molar-refractivity contribution in [3.8, 4) is 22.8 Å². The van der Waals surface area contributed by atoms with Crippen LogP contribution in [0.2, 0.25) is 0 Å². The average molecular weight is 373 g/mol. The van der Waals surface area contributed by atoms with Crippen molar-refractivity contribution >= 4 is 11.6 Å². The number of imidazole rings is 1. The summed E-state index contributed by atoms with van der Waals surface area (Å²) in [6.07, 6.45) is 0.837. The van der Waals surface area contributed by atoms with Crippen molar-refractivity contribution in [3.63, 3.8) is 0 Å². The minimum absolute atomic E-state index is 0.362. The fraction of sp³-hybridized carbons (Fsp3) is 0.143. The molecule has 0 bridgehead atoms. The van der Waals surface area contributed by atoms with Crippen molar-refractivity contribution in [3.05, 3.63) is 71.5 Å². The molecule has 0 fully saturated rings. The molecule has 0 saturated heterocycles. The summed E-state index contributed by atoms with van der Waals surface area (Å²) in [5.41, 5.74) is 10.5. The van der Waals surface area contributed by atoms with E-state index in [1.54, 1.807) is 4.52 Å². The third-order valence-corrected chi connectivity index (χ3v) is 4.95. The topological polar surface area (TPSA) is 97.4 Å². The third kappa shape index (κ3) is 2.73. The normalized spacial score (nSPS) is 13.4. The molecular formula is C21H19N5O2. The number of carbonyl (C=O) groups excluding carboxylic acids is 1. The summed E-state index contributed by atoms with van der Waals surface area (Å²) in [5, 5.41) is 7.96. The van der Waals surface area contributed by atoms with E-state index in [9.17, 15) is 4.79 Å². The smallest absolute Gasteiger partial charge is 0.269 e. The fourth-order valence-electron chi connectivity index (χ4n) is 3.63. The van der Waals surface area contributed by atoms with Crippen molar-refractivity contribution in [2.24, 2.45) is 5.73 Å². The number of nitrogens with two attached hydrogens (primary N) is 1. The summed E-state index contributed by atoms with van der Waals surface area (Å²) in [4.78, 5) is 15.6. The maximum absolute atomic E-state index is 12.2. The standard InChI is InChI=1S/C21H19N5O2/c22-20(27)19-18(24-21-16-12-23-11-10-17(16)25-26(19)21)13-6-8-15(9-7-13)28-14-4-2-1-3-5-14/h1-9,23-24H,10-12H2,(H2,22,27). The Morgan fingerprint density at radius 3 is 2.57 bits per heavy atom. The Balaban J connectivity index is 1.54. The molecular weight excluding hydrogens is 354 g/mol. The number of hydrogen-bond donors (Lipinski definition) is 3. The highest BCUT2D eigenvalue weighted by molar-refractivity contribution is 5.98. The Morgan fingerprint density at radius 1 is 1.07 bits per heavy atom. The van der Waals surface area contributed by atoms with E-state index in [2.05, 4.69) is 15.4 Å². The Morgan fingerprint density at radius 2 is 1.82 bits per heavy atom. The molecule has 140 valence electrons. The Kier molecular flexibility index (Phi) is 3.87. The van der Waals surface area contributed by atoms with Crippen LogP contribution in [-0.4, -0.2) is 27.0 Å². The number of carbonyl (C=O) groups is 1. The van der Waals surface area contributed by atoms with Gasteiger partial charge in [0.2, 0.25) is 0 Å². The number of nitrogens with zero attached hydrogens (tertiary/aromatic N) is 2. The van der Waals surface area contributed by atoms with Gasteiger partial charge in [-0.15, -0.1) is 0 Å². The summed E-state index contributed by atoms with van der Waals surface area (Å²) in [7, 11) is 0. The number of rotatable bonds is 4. The van der Waals surface area contributed by atoms with E-state index in [0.29, 0.717) is 17.1 Å². The van der Waals surface area contributed by atoms with Crippen LogP contribution in [0.4, 0.5) is 0 Å². The molecule has 2 aromatic carbocycles. The first kappa shape index (κ1) is 16.6. The van der Waals surface area contributed by atoms with Crippen molar-refractivity contribution in [1.29, 1.82) is 0 Å².